The molecule has 7 heteroatoms. The molecule has 2 aromatic heterocycles. The Morgan fingerprint density at radius 1 is 1.04 bits per heavy atom. The smallest absolute Gasteiger partial charge is 0.316 e. The highest BCUT2D eigenvalue weighted by molar-refractivity contribution is 7.15. The number of rotatable bonds is 4. The van der Waals surface area contributed by atoms with Gasteiger partial charge in [-0.1, -0.05) is 24.3 Å². The van der Waals surface area contributed by atoms with E-state index in [1.54, 1.807) is 18.5 Å². The van der Waals surface area contributed by atoms with E-state index in [9.17, 15) is 13.2 Å². The Balaban J connectivity index is 1.72. The van der Waals surface area contributed by atoms with Gasteiger partial charge in [-0.05, 0) is 23.8 Å². The number of aromatic nitrogens is 2. The Hall–Kier alpha value is -2.41. The van der Waals surface area contributed by atoms with E-state index in [0.29, 0.717) is 22.9 Å². The number of hydrogen-bond donors (Lipinski definition) is 1. The van der Waals surface area contributed by atoms with E-state index < -0.39 is 11.7 Å². The Bertz CT molecular complexity index is 785. The van der Waals surface area contributed by atoms with Crippen molar-refractivity contribution in [1.29, 1.82) is 0 Å². The first-order valence-electron chi connectivity index (χ1n) is 6.79. The third kappa shape index (κ3) is 4.07. The van der Waals surface area contributed by atoms with Crippen LogP contribution in [-0.2, 0) is 12.6 Å². The minimum absolute atomic E-state index is 0.408. The summed E-state index contributed by atoms with van der Waals surface area (Å²) in [6, 6.07) is 10.8. The first kappa shape index (κ1) is 15.5. The average molecular weight is 335 g/mol. The quantitative estimate of drug-likeness (QED) is 0.737. The summed E-state index contributed by atoms with van der Waals surface area (Å²) in [7, 11) is 0. The number of alkyl halides is 3. The van der Waals surface area contributed by atoms with Crippen LogP contribution in [-0.4, -0.2) is 9.97 Å². The van der Waals surface area contributed by atoms with Crippen molar-refractivity contribution < 1.29 is 13.2 Å². The number of anilines is 2. The monoisotopic (exact) mass is 335 g/mol. The third-order valence-electron chi connectivity index (χ3n) is 3.09. The second kappa shape index (κ2) is 6.37. The molecular formula is C16H12F3N3S. The van der Waals surface area contributed by atoms with Crippen molar-refractivity contribution in [2.45, 2.75) is 12.6 Å². The van der Waals surface area contributed by atoms with Gasteiger partial charge < -0.3 is 5.32 Å². The fraction of sp³-hybridized carbons (Fsp3) is 0.125. The zero-order chi connectivity index (χ0) is 16.3. The van der Waals surface area contributed by atoms with Crippen LogP contribution >= 0.6 is 11.3 Å². The lowest BCUT2D eigenvalue weighted by Crippen LogP contribution is -2.05. The number of hydrogen-bond acceptors (Lipinski definition) is 4. The lowest BCUT2D eigenvalue weighted by molar-refractivity contribution is -0.137. The normalized spacial score (nSPS) is 11.4. The molecule has 0 spiro atoms. The molecule has 1 N–H and O–H groups in total. The summed E-state index contributed by atoms with van der Waals surface area (Å²) in [6.07, 6.45) is -0.587. The number of thiazole rings is 1. The van der Waals surface area contributed by atoms with E-state index in [4.69, 9.17) is 0 Å². The minimum Gasteiger partial charge on any atom is -0.316 e. The molecule has 0 unspecified atom stereocenters. The van der Waals surface area contributed by atoms with Gasteiger partial charge >= 0.3 is 6.18 Å². The van der Waals surface area contributed by atoms with Crippen LogP contribution < -0.4 is 5.32 Å². The molecule has 1 aromatic carbocycles. The van der Waals surface area contributed by atoms with Crippen LogP contribution in [0.15, 0.2) is 54.9 Å². The summed E-state index contributed by atoms with van der Waals surface area (Å²) < 4.78 is 38.2. The fourth-order valence-corrected chi connectivity index (χ4v) is 2.91. The molecule has 0 aliphatic rings. The SMILES string of the molecule is FC(F)(F)c1cccc(Cc2cnc(Nc3ccccn3)s2)c1. The molecule has 0 bridgehead atoms. The van der Waals surface area contributed by atoms with Gasteiger partial charge in [-0.15, -0.1) is 11.3 Å². The molecule has 118 valence electrons. The van der Waals surface area contributed by atoms with Crippen LogP contribution in [0.4, 0.5) is 24.1 Å². The van der Waals surface area contributed by atoms with E-state index in [2.05, 4.69) is 15.3 Å². The highest BCUT2D eigenvalue weighted by Crippen LogP contribution is 2.30. The number of benzene rings is 1. The topological polar surface area (TPSA) is 37.8 Å². The Kier molecular flexibility index (Phi) is 4.29. The van der Waals surface area contributed by atoms with Crippen LogP contribution in [0.5, 0.6) is 0 Å². The van der Waals surface area contributed by atoms with Crippen molar-refractivity contribution in [3.05, 3.63) is 70.9 Å². The highest BCUT2D eigenvalue weighted by atomic mass is 32.1. The molecule has 0 amide bonds. The Labute approximate surface area is 134 Å². The lowest BCUT2D eigenvalue weighted by atomic mass is 10.1. The highest BCUT2D eigenvalue weighted by Gasteiger charge is 2.30. The van der Waals surface area contributed by atoms with E-state index in [1.165, 1.54) is 23.5 Å². The van der Waals surface area contributed by atoms with Crippen molar-refractivity contribution in [1.82, 2.24) is 9.97 Å². The Morgan fingerprint density at radius 3 is 2.65 bits per heavy atom. The third-order valence-corrected chi connectivity index (χ3v) is 4.00. The van der Waals surface area contributed by atoms with E-state index >= 15 is 0 Å². The van der Waals surface area contributed by atoms with Crippen molar-refractivity contribution in [2.24, 2.45) is 0 Å². The van der Waals surface area contributed by atoms with Crippen LogP contribution in [0.1, 0.15) is 16.0 Å². The zero-order valence-electron chi connectivity index (χ0n) is 11.8. The van der Waals surface area contributed by atoms with E-state index in [0.717, 1.165) is 10.9 Å². The molecule has 0 atom stereocenters. The number of halogens is 3. The molecule has 3 aromatic rings. The summed E-state index contributed by atoms with van der Waals surface area (Å²) in [4.78, 5) is 9.24. The number of nitrogens with zero attached hydrogens (tertiary/aromatic N) is 2. The molecule has 2 heterocycles. The second-order valence-electron chi connectivity index (χ2n) is 4.85. The van der Waals surface area contributed by atoms with Gasteiger partial charge in [0.25, 0.3) is 0 Å². The zero-order valence-corrected chi connectivity index (χ0v) is 12.7. The Morgan fingerprint density at radius 2 is 1.91 bits per heavy atom. The minimum atomic E-state index is -4.32. The molecule has 3 rings (SSSR count). The summed E-state index contributed by atoms with van der Waals surface area (Å²) in [5, 5.41) is 3.72. The van der Waals surface area contributed by atoms with Crippen molar-refractivity contribution in [3.63, 3.8) is 0 Å². The van der Waals surface area contributed by atoms with Crippen molar-refractivity contribution in [2.75, 3.05) is 5.32 Å². The molecule has 0 saturated carbocycles. The molecule has 23 heavy (non-hydrogen) atoms. The van der Waals surface area contributed by atoms with Gasteiger partial charge in [0.2, 0.25) is 0 Å². The summed E-state index contributed by atoms with van der Waals surface area (Å²) in [5.41, 5.74) is -0.0285. The summed E-state index contributed by atoms with van der Waals surface area (Å²) >= 11 is 1.39. The first-order valence-corrected chi connectivity index (χ1v) is 7.61. The maximum atomic E-state index is 12.7. The fourth-order valence-electron chi connectivity index (χ4n) is 2.05. The molecule has 0 fully saturated rings. The van der Waals surface area contributed by atoms with Crippen molar-refractivity contribution >= 4 is 22.3 Å². The lowest BCUT2D eigenvalue weighted by Gasteiger charge is -2.07. The molecule has 3 nitrogen and oxygen atoms in total. The average Bonchev–Trinajstić information content (AvgIpc) is 2.95. The van der Waals surface area contributed by atoms with Crippen LogP contribution in [0.2, 0.25) is 0 Å². The summed E-state index contributed by atoms with van der Waals surface area (Å²) in [6.45, 7) is 0. The molecular weight excluding hydrogens is 323 g/mol. The molecule has 0 radical (unpaired) electrons. The number of nitrogens with one attached hydrogen (secondary N) is 1. The predicted octanol–water partition coefficient (Wildman–Crippen LogP) is 4.89. The molecule has 0 aliphatic carbocycles. The largest absolute Gasteiger partial charge is 0.416 e. The van der Waals surface area contributed by atoms with Crippen molar-refractivity contribution in [3.8, 4) is 0 Å². The maximum absolute atomic E-state index is 12.7. The second-order valence-corrected chi connectivity index (χ2v) is 5.96. The molecule has 0 saturated heterocycles. The van der Waals surface area contributed by atoms with Gasteiger partial charge in [-0.3, -0.25) is 0 Å². The van der Waals surface area contributed by atoms with E-state index in [-0.39, 0.29) is 0 Å². The van der Waals surface area contributed by atoms with Gasteiger partial charge in [0.05, 0.1) is 5.56 Å². The van der Waals surface area contributed by atoms with E-state index in [1.807, 2.05) is 18.2 Å². The van der Waals surface area contributed by atoms with Crippen LogP contribution in [0.3, 0.4) is 0 Å². The van der Waals surface area contributed by atoms with Gasteiger partial charge in [0, 0.05) is 23.7 Å². The van der Waals surface area contributed by atoms with Gasteiger partial charge in [-0.25, -0.2) is 9.97 Å². The van der Waals surface area contributed by atoms with Gasteiger partial charge in [0.15, 0.2) is 5.13 Å². The molecule has 0 aliphatic heterocycles. The van der Waals surface area contributed by atoms with Gasteiger partial charge in [0.1, 0.15) is 5.82 Å². The standard InChI is InChI=1S/C16H12F3N3S/c17-16(18,19)12-5-3-4-11(8-12)9-13-10-21-15(23-13)22-14-6-1-2-7-20-14/h1-8,10H,9H2,(H,20,21,22). The number of pyridine rings is 1. The predicted molar refractivity (Wildman–Crippen MR) is 83.9 cm³/mol. The summed E-state index contributed by atoms with van der Waals surface area (Å²) in [5.74, 6) is 0.674. The van der Waals surface area contributed by atoms with Crippen LogP contribution in [0, 0.1) is 0 Å². The van der Waals surface area contributed by atoms with Crippen LogP contribution in [0.25, 0.3) is 0 Å². The first-order chi connectivity index (χ1) is 11.0. The van der Waals surface area contributed by atoms with Gasteiger partial charge in [-0.2, -0.15) is 13.2 Å². The maximum Gasteiger partial charge on any atom is 0.416 e.